The van der Waals surface area contributed by atoms with Crippen molar-refractivity contribution in [2.24, 2.45) is 0 Å². The molecule has 7 heteroatoms. The molecule has 2 atom stereocenters. The van der Waals surface area contributed by atoms with Crippen molar-refractivity contribution in [3.05, 3.63) is 65.7 Å². The Morgan fingerprint density at radius 3 is 2.27 bits per heavy atom. The highest BCUT2D eigenvalue weighted by Gasteiger charge is 2.47. The summed E-state index contributed by atoms with van der Waals surface area (Å²) >= 11 is 0. The highest BCUT2D eigenvalue weighted by molar-refractivity contribution is 7.89. The van der Waals surface area contributed by atoms with Crippen molar-refractivity contribution >= 4 is 15.9 Å². The monoisotopic (exact) mass is 427 g/mol. The van der Waals surface area contributed by atoms with Gasteiger partial charge in [0.25, 0.3) is 0 Å². The first-order valence-electron chi connectivity index (χ1n) is 10.5. The number of carbonyl (C=O) groups excluding carboxylic acids is 1. The summed E-state index contributed by atoms with van der Waals surface area (Å²) in [5.41, 5.74) is 1.82. The van der Waals surface area contributed by atoms with Gasteiger partial charge in [-0.2, -0.15) is 4.31 Å². The molecule has 2 fully saturated rings. The smallest absolute Gasteiger partial charge is 0.245 e. The molecule has 2 saturated heterocycles. The number of hydrogen-bond donors (Lipinski definition) is 0. The van der Waals surface area contributed by atoms with Crippen molar-refractivity contribution in [3.63, 3.8) is 0 Å². The lowest BCUT2D eigenvalue weighted by Gasteiger charge is -2.32. The summed E-state index contributed by atoms with van der Waals surface area (Å²) in [6.45, 7) is 6.33. The van der Waals surface area contributed by atoms with Gasteiger partial charge in [0.15, 0.2) is 0 Å². The Bertz CT molecular complexity index is 986. The number of nitrogens with zero attached hydrogens (tertiary/aromatic N) is 3. The van der Waals surface area contributed by atoms with Crippen LogP contribution in [0.15, 0.2) is 59.5 Å². The molecule has 30 heavy (non-hydrogen) atoms. The quantitative estimate of drug-likeness (QED) is 0.736. The Morgan fingerprint density at radius 2 is 1.63 bits per heavy atom. The lowest BCUT2D eigenvalue weighted by atomic mass is 10.1. The zero-order valence-electron chi connectivity index (χ0n) is 17.6. The largest absolute Gasteiger partial charge is 0.317 e. The Labute approximate surface area is 179 Å². The minimum Gasteiger partial charge on any atom is -0.317 e. The van der Waals surface area contributed by atoms with Crippen LogP contribution >= 0.6 is 0 Å². The number of hydrogen-bond acceptors (Lipinski definition) is 4. The van der Waals surface area contributed by atoms with E-state index in [0.29, 0.717) is 6.54 Å². The van der Waals surface area contributed by atoms with Gasteiger partial charge in [0.05, 0.1) is 11.4 Å². The van der Waals surface area contributed by atoms with Crippen LogP contribution in [0, 0.1) is 6.92 Å². The van der Waals surface area contributed by atoms with Crippen molar-refractivity contribution < 1.29 is 13.2 Å². The average Bonchev–Trinajstić information content (AvgIpc) is 3.36. The van der Waals surface area contributed by atoms with Crippen LogP contribution in [-0.2, 0) is 14.8 Å². The molecule has 2 aliphatic heterocycles. The van der Waals surface area contributed by atoms with E-state index in [0.717, 1.165) is 37.1 Å². The maximum atomic E-state index is 13.6. The molecule has 0 bridgehead atoms. The predicted octanol–water partition coefficient (Wildman–Crippen LogP) is 3.01. The van der Waals surface area contributed by atoms with E-state index >= 15 is 0 Å². The zero-order chi connectivity index (χ0) is 21.3. The van der Waals surface area contributed by atoms with Gasteiger partial charge in [-0.05, 0) is 57.5 Å². The lowest BCUT2D eigenvalue weighted by Crippen LogP contribution is -2.44. The standard InChI is InChI=1S/C23H29N3O3S/c1-18-10-12-21(13-11-18)30(28,29)25-16-19(2)26(22(27)17-24-14-6-7-15-24)23(25)20-8-4-3-5-9-20/h3-5,8-13,19,23H,6-7,14-17H2,1-2H3/t19-,23+/m1/s1. The summed E-state index contributed by atoms with van der Waals surface area (Å²) < 4.78 is 28.6. The molecule has 2 aromatic rings. The fourth-order valence-corrected chi connectivity index (χ4v) is 6.10. The third-order valence-corrected chi connectivity index (χ3v) is 7.86. The number of amides is 1. The molecule has 0 N–H and O–H groups in total. The van der Waals surface area contributed by atoms with Gasteiger partial charge >= 0.3 is 0 Å². The fourth-order valence-electron chi connectivity index (χ4n) is 4.45. The maximum absolute atomic E-state index is 13.6. The molecule has 0 aromatic heterocycles. The van der Waals surface area contributed by atoms with E-state index in [1.807, 2.05) is 44.2 Å². The van der Waals surface area contributed by atoms with Crippen LogP contribution in [0.25, 0.3) is 0 Å². The van der Waals surface area contributed by atoms with Gasteiger partial charge in [-0.25, -0.2) is 8.42 Å². The summed E-state index contributed by atoms with van der Waals surface area (Å²) in [4.78, 5) is 17.5. The van der Waals surface area contributed by atoms with E-state index in [1.54, 1.807) is 29.2 Å². The summed E-state index contributed by atoms with van der Waals surface area (Å²) in [5.74, 6) is -0.0140. The summed E-state index contributed by atoms with van der Waals surface area (Å²) in [5, 5.41) is 0. The third kappa shape index (κ3) is 4.02. The van der Waals surface area contributed by atoms with Gasteiger partial charge in [0.1, 0.15) is 6.17 Å². The molecular formula is C23H29N3O3S. The van der Waals surface area contributed by atoms with E-state index in [2.05, 4.69) is 4.90 Å². The average molecular weight is 428 g/mol. The summed E-state index contributed by atoms with van der Waals surface area (Å²) in [6.07, 6.45) is 1.58. The summed E-state index contributed by atoms with van der Waals surface area (Å²) in [6, 6.07) is 16.2. The Balaban J connectivity index is 1.71. The molecule has 4 rings (SSSR count). The molecule has 2 heterocycles. The lowest BCUT2D eigenvalue weighted by molar-refractivity contribution is -0.135. The van der Waals surface area contributed by atoms with Crippen LogP contribution in [0.1, 0.15) is 37.1 Å². The Hall–Kier alpha value is -2.22. The van der Waals surface area contributed by atoms with E-state index in [1.165, 1.54) is 4.31 Å². The predicted molar refractivity (Wildman–Crippen MR) is 116 cm³/mol. The van der Waals surface area contributed by atoms with Crippen LogP contribution in [0.5, 0.6) is 0 Å². The number of carbonyl (C=O) groups is 1. The molecule has 6 nitrogen and oxygen atoms in total. The minimum absolute atomic E-state index is 0.0140. The number of sulfonamides is 1. The van der Waals surface area contributed by atoms with E-state index in [9.17, 15) is 13.2 Å². The van der Waals surface area contributed by atoms with Crippen molar-refractivity contribution in [2.75, 3.05) is 26.2 Å². The second-order valence-corrected chi connectivity index (χ2v) is 10.2. The zero-order valence-corrected chi connectivity index (χ0v) is 18.4. The molecule has 160 valence electrons. The first-order chi connectivity index (χ1) is 14.4. The number of rotatable bonds is 5. The van der Waals surface area contributed by atoms with Gasteiger partial charge in [-0.1, -0.05) is 48.0 Å². The van der Waals surface area contributed by atoms with Gasteiger partial charge in [0, 0.05) is 12.6 Å². The topological polar surface area (TPSA) is 60.9 Å². The third-order valence-electron chi connectivity index (χ3n) is 6.03. The molecule has 2 aliphatic rings. The molecule has 1 amide bonds. The second kappa shape index (κ2) is 8.49. The van der Waals surface area contributed by atoms with Crippen molar-refractivity contribution in [1.29, 1.82) is 0 Å². The Morgan fingerprint density at radius 1 is 1.00 bits per heavy atom. The molecular weight excluding hydrogens is 398 g/mol. The second-order valence-electron chi connectivity index (χ2n) is 8.31. The molecule has 0 saturated carbocycles. The van der Waals surface area contributed by atoms with Gasteiger partial charge in [-0.3, -0.25) is 9.69 Å². The van der Waals surface area contributed by atoms with Crippen molar-refractivity contribution in [1.82, 2.24) is 14.1 Å². The molecule has 2 aromatic carbocycles. The molecule has 0 aliphatic carbocycles. The van der Waals surface area contributed by atoms with Crippen LogP contribution in [0.4, 0.5) is 0 Å². The van der Waals surface area contributed by atoms with Crippen molar-refractivity contribution in [2.45, 2.75) is 43.8 Å². The maximum Gasteiger partial charge on any atom is 0.245 e. The molecule has 0 spiro atoms. The van der Waals surface area contributed by atoms with Gasteiger partial charge in [-0.15, -0.1) is 0 Å². The van der Waals surface area contributed by atoms with E-state index < -0.39 is 16.2 Å². The van der Waals surface area contributed by atoms with E-state index in [4.69, 9.17) is 0 Å². The Kier molecular flexibility index (Phi) is 5.95. The number of likely N-dealkylation sites (tertiary alicyclic amines) is 1. The molecule has 0 radical (unpaired) electrons. The highest BCUT2D eigenvalue weighted by Crippen LogP contribution is 2.38. The van der Waals surface area contributed by atoms with Crippen LogP contribution in [0.3, 0.4) is 0 Å². The van der Waals surface area contributed by atoms with Gasteiger partial charge in [0.2, 0.25) is 15.9 Å². The first kappa shape index (κ1) is 21.0. The molecule has 0 unspecified atom stereocenters. The van der Waals surface area contributed by atoms with Crippen LogP contribution in [0.2, 0.25) is 0 Å². The van der Waals surface area contributed by atoms with E-state index in [-0.39, 0.29) is 23.4 Å². The minimum atomic E-state index is -3.75. The highest BCUT2D eigenvalue weighted by atomic mass is 32.2. The van der Waals surface area contributed by atoms with Gasteiger partial charge < -0.3 is 4.90 Å². The normalized spacial score (nSPS) is 23.2. The van der Waals surface area contributed by atoms with Crippen LogP contribution in [-0.4, -0.2) is 60.7 Å². The summed E-state index contributed by atoms with van der Waals surface area (Å²) in [7, 11) is -3.75. The number of aryl methyl sites for hydroxylation is 1. The van der Waals surface area contributed by atoms with Crippen LogP contribution < -0.4 is 0 Å². The van der Waals surface area contributed by atoms with Crippen molar-refractivity contribution in [3.8, 4) is 0 Å². The fraction of sp³-hybridized carbons (Fsp3) is 0.435. The SMILES string of the molecule is Cc1ccc(S(=O)(=O)N2C[C@@H](C)N(C(=O)CN3CCCC3)[C@H]2c2ccccc2)cc1. The first-order valence-corrected chi connectivity index (χ1v) is 12.0. The number of benzene rings is 2.